The van der Waals surface area contributed by atoms with Gasteiger partial charge < -0.3 is 29.9 Å². The fourth-order valence-electron chi connectivity index (χ4n) is 4.75. The monoisotopic (exact) mass is 676 g/mol. The molecular weight excluding hydrogens is 637 g/mol. The highest BCUT2D eigenvalue weighted by Gasteiger charge is 2.37. The predicted molar refractivity (Wildman–Crippen MR) is 179 cm³/mol. The molecule has 0 spiro atoms. The average Bonchev–Trinajstić information content (AvgIpc) is 3.41. The predicted octanol–water partition coefficient (Wildman–Crippen LogP) is 5.48. The molecule has 2 heterocycles. The largest absolute Gasteiger partial charge is 0.497 e. The Hall–Kier alpha value is -4.54. The number of methoxy groups -OCH3 is 2. The Morgan fingerprint density at radius 1 is 1.00 bits per heavy atom. The molecule has 0 saturated heterocycles. The first-order valence-corrected chi connectivity index (χ1v) is 15.8. The maximum Gasteiger partial charge on any atom is 0.419 e. The molecule has 47 heavy (non-hydrogen) atoms. The number of nitrogens with one attached hydrogen (secondary N) is 2. The summed E-state index contributed by atoms with van der Waals surface area (Å²) >= 11 is 0. The molecule has 0 radical (unpaired) electrons. The third-order valence-corrected chi connectivity index (χ3v) is 9.02. The molecule has 0 amide bonds. The molecule has 254 valence electrons. The Bertz CT molecular complexity index is 1870. The molecule has 4 rings (SSSR count). The van der Waals surface area contributed by atoms with Crippen LogP contribution >= 0.6 is 0 Å². The molecule has 0 atom stereocenters. The van der Waals surface area contributed by atoms with Gasteiger partial charge >= 0.3 is 16.4 Å². The summed E-state index contributed by atoms with van der Waals surface area (Å²) in [5, 5.41) is 6.46. The fraction of sp³-hybridized carbons (Fsp3) is 0.355. The Morgan fingerprint density at radius 2 is 1.72 bits per heavy atom. The summed E-state index contributed by atoms with van der Waals surface area (Å²) in [5.41, 5.74) is 0.315. The van der Waals surface area contributed by atoms with Gasteiger partial charge in [0.2, 0.25) is 5.95 Å². The third kappa shape index (κ3) is 7.55. The Labute approximate surface area is 272 Å². The number of benzene rings is 2. The minimum absolute atomic E-state index is 0.0638. The van der Waals surface area contributed by atoms with Gasteiger partial charge in [0.25, 0.3) is 0 Å². The summed E-state index contributed by atoms with van der Waals surface area (Å²) < 4.78 is 82.5. The highest BCUT2D eigenvalue weighted by atomic mass is 32.2. The van der Waals surface area contributed by atoms with Gasteiger partial charge in [-0.3, -0.25) is 0 Å². The summed E-state index contributed by atoms with van der Waals surface area (Å²) in [6, 6.07) is 8.03. The van der Waals surface area contributed by atoms with Crippen molar-refractivity contribution >= 4 is 44.1 Å². The van der Waals surface area contributed by atoms with E-state index >= 15 is 0 Å². The van der Waals surface area contributed by atoms with Crippen molar-refractivity contribution in [2.45, 2.75) is 13.1 Å². The highest BCUT2D eigenvalue weighted by Crippen LogP contribution is 2.42. The quantitative estimate of drug-likeness (QED) is 0.189. The van der Waals surface area contributed by atoms with E-state index in [1.165, 1.54) is 46.5 Å². The van der Waals surface area contributed by atoms with E-state index in [0.717, 1.165) is 26.7 Å². The second kappa shape index (κ2) is 14.1. The van der Waals surface area contributed by atoms with E-state index in [2.05, 4.69) is 30.4 Å². The highest BCUT2D eigenvalue weighted by molar-refractivity contribution is 7.87. The summed E-state index contributed by atoms with van der Waals surface area (Å²) in [7, 11) is 7.30. The van der Waals surface area contributed by atoms with Crippen molar-refractivity contribution in [3.63, 3.8) is 0 Å². The van der Waals surface area contributed by atoms with Gasteiger partial charge in [0, 0.05) is 69.7 Å². The number of anilines is 4. The molecule has 2 aromatic carbocycles. The molecule has 12 nitrogen and oxygen atoms in total. The van der Waals surface area contributed by atoms with Gasteiger partial charge in [-0.25, -0.2) is 13.9 Å². The minimum atomic E-state index is -4.85. The molecule has 0 aliphatic heterocycles. The lowest BCUT2D eigenvalue weighted by molar-refractivity contribution is -0.137. The number of hydrogen-bond donors (Lipinski definition) is 2. The van der Waals surface area contributed by atoms with Crippen LogP contribution in [-0.2, 0) is 16.4 Å². The van der Waals surface area contributed by atoms with Crippen LogP contribution in [0.1, 0.15) is 12.5 Å². The van der Waals surface area contributed by atoms with Crippen LogP contribution in [-0.4, -0.2) is 94.1 Å². The van der Waals surface area contributed by atoms with Crippen molar-refractivity contribution < 1.29 is 31.1 Å². The number of aromatic nitrogens is 3. The molecule has 4 aromatic rings. The van der Waals surface area contributed by atoms with Crippen LogP contribution in [0.5, 0.6) is 11.5 Å². The molecular formula is C31H39F3N8O4S. The van der Waals surface area contributed by atoms with Crippen molar-refractivity contribution in [3.8, 4) is 22.8 Å². The molecule has 0 bridgehead atoms. The standard InChI is InChI=1S/C31H39F3N8O4S/c1-9-12-35-24-16-25(28(46-8)17-27(24)41(6)14-13-39(2)3)37-30-36-18-23(31(32,33)34)29(38-30)22-19-42(47(43,44)40(4)5)26-15-20(45-7)10-11-21(22)26/h9-12,15-19,35H,13-14H2,1-8H3,(H,36,37,38). The molecule has 0 saturated carbocycles. The van der Waals surface area contributed by atoms with E-state index in [1.807, 2.05) is 40.2 Å². The van der Waals surface area contributed by atoms with Crippen molar-refractivity contribution in [1.82, 2.24) is 23.1 Å². The van der Waals surface area contributed by atoms with Crippen LogP contribution in [0.2, 0.25) is 0 Å². The Balaban J connectivity index is 1.90. The molecule has 2 aromatic heterocycles. The van der Waals surface area contributed by atoms with Gasteiger partial charge in [0.1, 0.15) is 17.1 Å². The number of halogens is 3. The Kier molecular flexibility index (Phi) is 10.6. The molecule has 0 aliphatic rings. The lowest BCUT2D eigenvalue weighted by atomic mass is 10.1. The van der Waals surface area contributed by atoms with Crippen molar-refractivity contribution in [1.29, 1.82) is 0 Å². The molecule has 0 aliphatic carbocycles. The van der Waals surface area contributed by atoms with Gasteiger partial charge in [0.15, 0.2) is 0 Å². The summed E-state index contributed by atoms with van der Waals surface area (Å²) in [6.07, 6.45) is 0.531. The van der Waals surface area contributed by atoms with Crippen LogP contribution in [0.3, 0.4) is 0 Å². The van der Waals surface area contributed by atoms with E-state index < -0.39 is 27.6 Å². The van der Waals surface area contributed by atoms with Crippen LogP contribution < -0.4 is 25.0 Å². The van der Waals surface area contributed by atoms with E-state index in [4.69, 9.17) is 9.47 Å². The molecule has 0 unspecified atom stereocenters. The lowest BCUT2D eigenvalue weighted by Crippen LogP contribution is -2.28. The number of alkyl halides is 3. The summed E-state index contributed by atoms with van der Waals surface area (Å²) in [4.78, 5) is 12.4. The normalized spacial score (nSPS) is 12.4. The first-order valence-electron chi connectivity index (χ1n) is 14.4. The zero-order chi connectivity index (χ0) is 34.7. The molecule has 16 heteroatoms. The van der Waals surface area contributed by atoms with Crippen LogP contribution in [0.25, 0.3) is 22.2 Å². The van der Waals surface area contributed by atoms with E-state index in [0.29, 0.717) is 35.6 Å². The minimum Gasteiger partial charge on any atom is -0.497 e. The molecule has 0 fully saturated rings. The second-order valence-electron chi connectivity index (χ2n) is 11.0. The first kappa shape index (κ1) is 35.3. The van der Waals surface area contributed by atoms with Crippen LogP contribution in [0, 0.1) is 0 Å². The van der Waals surface area contributed by atoms with E-state index in [-0.39, 0.29) is 22.4 Å². The zero-order valence-corrected chi connectivity index (χ0v) is 28.3. The number of nitrogens with zero attached hydrogens (tertiary/aromatic N) is 6. The van der Waals surface area contributed by atoms with Gasteiger partial charge in [0.05, 0.1) is 42.5 Å². The summed E-state index contributed by atoms with van der Waals surface area (Å²) in [5.74, 6) is 0.555. The first-order chi connectivity index (χ1) is 22.1. The summed E-state index contributed by atoms with van der Waals surface area (Å²) in [6.45, 7) is 3.37. The number of fused-ring (bicyclic) bond motifs is 1. The van der Waals surface area contributed by atoms with Crippen LogP contribution in [0.4, 0.5) is 36.2 Å². The smallest absolute Gasteiger partial charge is 0.419 e. The third-order valence-electron chi connectivity index (χ3n) is 7.30. The van der Waals surface area contributed by atoms with E-state index in [9.17, 15) is 21.6 Å². The van der Waals surface area contributed by atoms with E-state index in [1.54, 1.807) is 12.3 Å². The zero-order valence-electron chi connectivity index (χ0n) is 27.5. The number of allylic oxidation sites excluding steroid dienone is 1. The van der Waals surface area contributed by atoms with Gasteiger partial charge in [-0.05, 0) is 45.4 Å². The Morgan fingerprint density at radius 3 is 2.32 bits per heavy atom. The second-order valence-corrected chi connectivity index (χ2v) is 13.0. The number of hydrogen-bond acceptors (Lipinski definition) is 10. The SMILES string of the molecule is CC=CNc1cc(Nc2ncc(C(F)(F)F)c(-c3cn(S(=O)(=O)N(C)C)c4cc(OC)ccc34)n2)c(OC)cc1N(C)CCN(C)C. The topological polar surface area (TPSA) is 117 Å². The van der Waals surface area contributed by atoms with Crippen LogP contribution in [0.15, 0.2) is 55.0 Å². The number of likely N-dealkylation sites (N-methyl/N-ethyl adjacent to an activating group) is 2. The van der Waals surface area contributed by atoms with Gasteiger partial charge in [-0.1, -0.05) is 6.08 Å². The fourth-order valence-corrected chi connectivity index (χ4v) is 5.74. The van der Waals surface area contributed by atoms with Gasteiger partial charge in [-0.15, -0.1) is 0 Å². The maximum atomic E-state index is 14.4. The average molecular weight is 677 g/mol. The lowest BCUT2D eigenvalue weighted by Gasteiger charge is -2.26. The van der Waals surface area contributed by atoms with Crippen molar-refractivity contribution in [2.75, 3.05) is 78.1 Å². The maximum absolute atomic E-state index is 14.4. The number of ether oxygens (including phenoxy) is 2. The van der Waals surface area contributed by atoms with Crippen molar-refractivity contribution in [2.24, 2.45) is 0 Å². The number of rotatable bonds is 13. The van der Waals surface area contributed by atoms with Gasteiger partial charge in [-0.2, -0.15) is 25.9 Å². The molecule has 2 N–H and O–H groups in total. The van der Waals surface area contributed by atoms with Crippen molar-refractivity contribution in [3.05, 3.63) is 60.6 Å².